The molecule has 2 aromatic rings. The van der Waals surface area contributed by atoms with Gasteiger partial charge in [-0.15, -0.1) is 0 Å². The van der Waals surface area contributed by atoms with Crippen LogP contribution in [0.5, 0.6) is 0 Å². The van der Waals surface area contributed by atoms with Crippen LogP contribution in [0.2, 0.25) is 5.02 Å². The van der Waals surface area contributed by atoms with Crippen molar-refractivity contribution >= 4 is 27.5 Å². The fourth-order valence-electron chi connectivity index (χ4n) is 4.40. The van der Waals surface area contributed by atoms with Crippen LogP contribution in [0.4, 0.5) is 0 Å². The van der Waals surface area contributed by atoms with Gasteiger partial charge in [0.1, 0.15) is 4.90 Å². The van der Waals surface area contributed by atoms with Crippen molar-refractivity contribution in [3.05, 3.63) is 58.9 Å². The lowest BCUT2D eigenvalue weighted by molar-refractivity contribution is 0.0507. The van der Waals surface area contributed by atoms with Gasteiger partial charge in [-0.2, -0.15) is 4.31 Å². The molecule has 7 nitrogen and oxygen atoms in total. The quantitative estimate of drug-likeness (QED) is 0.582. The Balaban J connectivity index is 1.62. The van der Waals surface area contributed by atoms with E-state index in [4.69, 9.17) is 16.3 Å². The molecule has 2 fully saturated rings. The SMILES string of the molecule is O=C(c1ccc(Cl)c(S(=O)(=O)N2CCCCCC2)c1)N(Cc1cccnc1)CC1CCCO1. The molecule has 9 heteroatoms. The predicted octanol–water partition coefficient (Wildman–Crippen LogP) is 4.12. The van der Waals surface area contributed by atoms with Gasteiger partial charge in [0.15, 0.2) is 0 Å². The molecule has 0 saturated carbocycles. The van der Waals surface area contributed by atoms with Gasteiger partial charge in [0.25, 0.3) is 5.91 Å². The second-order valence-corrected chi connectivity index (χ2v) is 11.0. The molecule has 0 radical (unpaired) electrons. The number of halogens is 1. The van der Waals surface area contributed by atoms with Crippen LogP contribution < -0.4 is 0 Å². The molecule has 0 spiro atoms. The van der Waals surface area contributed by atoms with Crippen molar-refractivity contribution in [3.8, 4) is 0 Å². The summed E-state index contributed by atoms with van der Waals surface area (Å²) in [5, 5.41) is 0.133. The molecule has 1 atom stereocenters. The van der Waals surface area contributed by atoms with Crippen molar-refractivity contribution in [1.29, 1.82) is 0 Å². The summed E-state index contributed by atoms with van der Waals surface area (Å²) in [6, 6.07) is 8.28. The Bertz CT molecular complexity index is 1050. The fraction of sp³-hybridized carbons (Fsp3) is 0.500. The second kappa shape index (κ2) is 11.0. The van der Waals surface area contributed by atoms with Gasteiger partial charge < -0.3 is 9.64 Å². The molecular formula is C24H30ClN3O4S. The second-order valence-electron chi connectivity index (χ2n) is 8.65. The Kier molecular flexibility index (Phi) is 8.01. The number of hydrogen-bond donors (Lipinski definition) is 0. The lowest BCUT2D eigenvalue weighted by atomic mass is 10.1. The van der Waals surface area contributed by atoms with E-state index < -0.39 is 10.0 Å². The number of carbonyl (C=O) groups excluding carboxylic acids is 1. The first-order valence-electron chi connectivity index (χ1n) is 11.5. The lowest BCUT2D eigenvalue weighted by Gasteiger charge is -2.26. The standard InChI is InChI=1S/C24H30ClN3O4S/c25-22-10-9-20(15-23(22)33(30,31)28-12-3-1-2-4-13-28)24(29)27(18-21-8-6-14-32-21)17-19-7-5-11-26-16-19/h5,7,9-11,15-16,21H,1-4,6,8,12-14,17-18H2. The monoisotopic (exact) mass is 491 g/mol. The minimum absolute atomic E-state index is 0.00430. The zero-order chi connectivity index (χ0) is 23.3. The average molecular weight is 492 g/mol. The van der Waals surface area contributed by atoms with Crippen LogP contribution in [0, 0.1) is 0 Å². The van der Waals surface area contributed by atoms with Crippen LogP contribution in [0.25, 0.3) is 0 Å². The van der Waals surface area contributed by atoms with Crippen molar-refractivity contribution in [3.63, 3.8) is 0 Å². The zero-order valence-electron chi connectivity index (χ0n) is 18.7. The zero-order valence-corrected chi connectivity index (χ0v) is 20.2. The van der Waals surface area contributed by atoms with E-state index in [0.717, 1.165) is 44.1 Å². The number of nitrogens with zero attached hydrogens (tertiary/aromatic N) is 3. The Hall–Kier alpha value is -2.00. The smallest absolute Gasteiger partial charge is 0.254 e. The molecule has 0 N–H and O–H groups in total. The number of rotatable bonds is 7. The van der Waals surface area contributed by atoms with Gasteiger partial charge in [-0.25, -0.2) is 8.42 Å². The Labute approximate surface area is 200 Å². The number of hydrogen-bond acceptors (Lipinski definition) is 5. The normalized spacial score (nSPS) is 19.8. The number of pyridine rings is 1. The van der Waals surface area contributed by atoms with Crippen molar-refractivity contribution in [1.82, 2.24) is 14.2 Å². The van der Waals surface area contributed by atoms with Crippen molar-refractivity contribution < 1.29 is 17.9 Å². The molecule has 1 aromatic heterocycles. The first-order valence-corrected chi connectivity index (χ1v) is 13.4. The maximum atomic E-state index is 13.6. The molecule has 2 aliphatic heterocycles. The minimum Gasteiger partial charge on any atom is -0.376 e. The van der Waals surface area contributed by atoms with Crippen molar-refractivity contribution in [2.24, 2.45) is 0 Å². The summed E-state index contributed by atoms with van der Waals surface area (Å²) in [4.78, 5) is 19.4. The maximum absolute atomic E-state index is 13.6. The summed E-state index contributed by atoms with van der Waals surface area (Å²) in [6.45, 7) is 2.44. The van der Waals surface area contributed by atoms with Gasteiger partial charge in [-0.05, 0) is 55.5 Å². The van der Waals surface area contributed by atoms with Gasteiger partial charge >= 0.3 is 0 Å². The van der Waals surface area contributed by atoms with E-state index in [1.807, 2.05) is 12.1 Å². The van der Waals surface area contributed by atoms with Gasteiger partial charge in [0.2, 0.25) is 10.0 Å². The maximum Gasteiger partial charge on any atom is 0.254 e. The number of ether oxygens (including phenoxy) is 1. The number of carbonyl (C=O) groups is 1. The molecule has 2 aliphatic rings. The lowest BCUT2D eigenvalue weighted by Crippen LogP contribution is -2.37. The summed E-state index contributed by atoms with van der Waals surface area (Å²) in [5.41, 5.74) is 1.20. The molecule has 1 amide bonds. The van der Waals surface area contributed by atoms with Crippen LogP contribution in [-0.2, 0) is 21.3 Å². The third kappa shape index (κ3) is 5.93. The van der Waals surface area contributed by atoms with Crippen LogP contribution in [0.3, 0.4) is 0 Å². The third-order valence-corrected chi connectivity index (χ3v) is 8.57. The Morgan fingerprint density at radius 2 is 1.94 bits per heavy atom. The summed E-state index contributed by atoms with van der Waals surface area (Å²) in [6.07, 6.45) is 8.95. The number of sulfonamides is 1. The van der Waals surface area contributed by atoms with Crippen LogP contribution >= 0.6 is 11.6 Å². The molecule has 33 heavy (non-hydrogen) atoms. The number of amides is 1. The van der Waals surface area contributed by atoms with Gasteiger partial charge in [0.05, 0.1) is 11.1 Å². The summed E-state index contributed by atoms with van der Waals surface area (Å²) in [7, 11) is -3.78. The highest BCUT2D eigenvalue weighted by Crippen LogP contribution is 2.28. The largest absolute Gasteiger partial charge is 0.376 e. The predicted molar refractivity (Wildman–Crippen MR) is 127 cm³/mol. The van der Waals surface area contributed by atoms with Gasteiger partial charge in [0, 0.05) is 50.7 Å². The minimum atomic E-state index is -3.78. The summed E-state index contributed by atoms with van der Waals surface area (Å²) >= 11 is 6.33. The molecule has 178 valence electrons. The van der Waals surface area contributed by atoms with E-state index in [1.165, 1.54) is 16.4 Å². The molecule has 0 bridgehead atoms. The fourth-order valence-corrected chi connectivity index (χ4v) is 6.42. The first kappa shape index (κ1) is 24.1. The Morgan fingerprint density at radius 3 is 2.61 bits per heavy atom. The highest BCUT2D eigenvalue weighted by molar-refractivity contribution is 7.89. The van der Waals surface area contributed by atoms with E-state index in [0.29, 0.717) is 38.3 Å². The highest BCUT2D eigenvalue weighted by atomic mass is 35.5. The average Bonchev–Trinajstić information content (AvgIpc) is 3.17. The van der Waals surface area contributed by atoms with E-state index in [9.17, 15) is 13.2 Å². The van der Waals surface area contributed by atoms with E-state index in [-0.39, 0.29) is 21.9 Å². The topological polar surface area (TPSA) is 79.8 Å². The van der Waals surface area contributed by atoms with Crippen molar-refractivity contribution in [2.45, 2.75) is 56.1 Å². The Morgan fingerprint density at radius 1 is 1.15 bits per heavy atom. The van der Waals surface area contributed by atoms with Crippen LogP contribution in [0.15, 0.2) is 47.6 Å². The van der Waals surface area contributed by atoms with Crippen LogP contribution in [0.1, 0.15) is 54.4 Å². The van der Waals surface area contributed by atoms with Gasteiger partial charge in [-0.1, -0.05) is 30.5 Å². The van der Waals surface area contributed by atoms with E-state index >= 15 is 0 Å². The molecule has 0 aliphatic carbocycles. The van der Waals surface area contributed by atoms with E-state index in [2.05, 4.69) is 4.98 Å². The molecule has 2 saturated heterocycles. The third-order valence-electron chi connectivity index (χ3n) is 6.19. The first-order chi connectivity index (χ1) is 15.9. The highest BCUT2D eigenvalue weighted by Gasteiger charge is 2.30. The summed E-state index contributed by atoms with van der Waals surface area (Å²) < 4.78 is 34.0. The summed E-state index contributed by atoms with van der Waals surface area (Å²) in [5.74, 6) is -0.252. The number of aromatic nitrogens is 1. The molecule has 1 aromatic carbocycles. The number of benzene rings is 1. The molecule has 1 unspecified atom stereocenters. The van der Waals surface area contributed by atoms with Gasteiger partial charge in [-0.3, -0.25) is 9.78 Å². The van der Waals surface area contributed by atoms with Crippen LogP contribution in [-0.4, -0.2) is 60.9 Å². The molecular weight excluding hydrogens is 462 g/mol. The van der Waals surface area contributed by atoms with Crippen molar-refractivity contribution in [2.75, 3.05) is 26.2 Å². The molecule has 3 heterocycles. The molecule has 4 rings (SSSR count). The van der Waals surface area contributed by atoms with E-state index in [1.54, 1.807) is 23.4 Å².